The van der Waals surface area contributed by atoms with E-state index in [-0.39, 0.29) is 23.8 Å². The quantitative estimate of drug-likeness (QED) is 0.740. The number of β-amino-alcohol motifs (C(OH)–C–C–N with tert-alkyl or cyclic N) is 1. The Labute approximate surface area is 96.6 Å². The van der Waals surface area contributed by atoms with Gasteiger partial charge < -0.3 is 5.11 Å². The van der Waals surface area contributed by atoms with E-state index in [9.17, 15) is 14.7 Å². The molecular formula is C12H21NO3. The van der Waals surface area contributed by atoms with Crippen LogP contribution in [-0.4, -0.2) is 34.5 Å². The SMILES string of the molecule is CC(C)(C)CC(O)CN1C(=O)CCCC1=O. The fourth-order valence-electron chi connectivity index (χ4n) is 1.99. The van der Waals surface area contributed by atoms with Gasteiger partial charge >= 0.3 is 0 Å². The molecule has 1 fully saturated rings. The van der Waals surface area contributed by atoms with Crippen molar-refractivity contribution < 1.29 is 14.7 Å². The maximum atomic E-state index is 11.5. The number of hydrogen-bond donors (Lipinski definition) is 1. The molecule has 4 heteroatoms. The summed E-state index contributed by atoms with van der Waals surface area (Å²) in [6, 6.07) is 0. The van der Waals surface area contributed by atoms with Crippen LogP contribution in [0, 0.1) is 5.41 Å². The molecule has 1 aliphatic rings. The number of likely N-dealkylation sites (tertiary alicyclic amines) is 1. The van der Waals surface area contributed by atoms with Crippen LogP contribution in [0.25, 0.3) is 0 Å². The zero-order valence-corrected chi connectivity index (χ0v) is 10.3. The number of carbonyl (C=O) groups excluding carboxylic acids is 2. The lowest BCUT2D eigenvalue weighted by molar-refractivity contribution is -0.149. The Morgan fingerprint density at radius 3 is 2.19 bits per heavy atom. The van der Waals surface area contributed by atoms with Crippen LogP contribution in [0.15, 0.2) is 0 Å². The van der Waals surface area contributed by atoms with E-state index < -0.39 is 6.10 Å². The second-order valence-electron chi connectivity index (χ2n) is 5.67. The Balaban J connectivity index is 2.51. The zero-order chi connectivity index (χ0) is 12.3. The Hall–Kier alpha value is -0.900. The van der Waals surface area contributed by atoms with Crippen LogP contribution >= 0.6 is 0 Å². The molecule has 1 saturated heterocycles. The van der Waals surface area contributed by atoms with Gasteiger partial charge in [0.1, 0.15) is 0 Å². The van der Waals surface area contributed by atoms with Crippen LogP contribution in [0.1, 0.15) is 46.5 Å². The summed E-state index contributed by atoms with van der Waals surface area (Å²) in [5.74, 6) is -0.298. The molecule has 0 aromatic rings. The lowest BCUT2D eigenvalue weighted by Gasteiger charge is -2.29. The molecule has 0 aromatic carbocycles. The summed E-state index contributed by atoms with van der Waals surface area (Å²) in [5, 5.41) is 9.83. The van der Waals surface area contributed by atoms with Crippen molar-refractivity contribution in [2.75, 3.05) is 6.54 Å². The van der Waals surface area contributed by atoms with Gasteiger partial charge in [-0.1, -0.05) is 20.8 Å². The number of hydrogen-bond acceptors (Lipinski definition) is 3. The van der Waals surface area contributed by atoms with Crippen LogP contribution in [-0.2, 0) is 9.59 Å². The maximum absolute atomic E-state index is 11.5. The van der Waals surface area contributed by atoms with Crippen molar-refractivity contribution in [1.29, 1.82) is 0 Å². The summed E-state index contributed by atoms with van der Waals surface area (Å²) < 4.78 is 0. The average molecular weight is 227 g/mol. The topological polar surface area (TPSA) is 57.6 Å². The van der Waals surface area contributed by atoms with Crippen molar-refractivity contribution in [2.45, 2.75) is 52.6 Å². The van der Waals surface area contributed by atoms with Gasteiger partial charge in [0.05, 0.1) is 12.6 Å². The lowest BCUT2D eigenvalue weighted by atomic mass is 9.89. The van der Waals surface area contributed by atoms with E-state index in [0.29, 0.717) is 25.7 Å². The van der Waals surface area contributed by atoms with E-state index in [0.717, 1.165) is 0 Å². The third-order valence-corrected chi connectivity index (χ3v) is 2.62. The molecule has 0 bridgehead atoms. The third kappa shape index (κ3) is 3.93. The Morgan fingerprint density at radius 2 is 1.75 bits per heavy atom. The standard InChI is InChI=1S/C12H21NO3/c1-12(2,3)7-9(14)8-13-10(15)5-4-6-11(13)16/h9,14H,4-8H2,1-3H3. The second-order valence-corrected chi connectivity index (χ2v) is 5.67. The number of piperidine rings is 1. The summed E-state index contributed by atoms with van der Waals surface area (Å²) in [6.45, 7) is 6.22. The van der Waals surface area contributed by atoms with E-state index in [1.807, 2.05) is 20.8 Å². The van der Waals surface area contributed by atoms with Crippen LogP contribution in [0.5, 0.6) is 0 Å². The highest BCUT2D eigenvalue weighted by Gasteiger charge is 2.28. The van der Waals surface area contributed by atoms with Crippen molar-refractivity contribution in [3.8, 4) is 0 Å². The predicted molar refractivity (Wildman–Crippen MR) is 60.6 cm³/mol. The molecule has 1 unspecified atom stereocenters. The number of rotatable bonds is 3. The van der Waals surface area contributed by atoms with E-state index >= 15 is 0 Å². The third-order valence-electron chi connectivity index (χ3n) is 2.62. The van der Waals surface area contributed by atoms with Gasteiger partial charge in [-0.25, -0.2) is 0 Å². The highest BCUT2D eigenvalue weighted by atomic mass is 16.3. The first-order chi connectivity index (χ1) is 7.29. The number of aliphatic hydroxyl groups is 1. The molecule has 16 heavy (non-hydrogen) atoms. The Morgan fingerprint density at radius 1 is 1.25 bits per heavy atom. The van der Waals surface area contributed by atoms with Gasteiger partial charge in [0, 0.05) is 12.8 Å². The van der Waals surface area contributed by atoms with Crippen molar-refractivity contribution in [2.24, 2.45) is 5.41 Å². The van der Waals surface area contributed by atoms with Gasteiger partial charge in [0.2, 0.25) is 11.8 Å². The Bertz CT molecular complexity index is 264. The van der Waals surface area contributed by atoms with Gasteiger partial charge in [0.15, 0.2) is 0 Å². The van der Waals surface area contributed by atoms with Crippen LogP contribution in [0.4, 0.5) is 0 Å². The first-order valence-electron chi connectivity index (χ1n) is 5.81. The summed E-state index contributed by atoms with van der Waals surface area (Å²) >= 11 is 0. The van der Waals surface area contributed by atoms with Crippen LogP contribution < -0.4 is 0 Å². The fourth-order valence-corrected chi connectivity index (χ4v) is 1.99. The average Bonchev–Trinajstić information content (AvgIpc) is 2.08. The highest BCUT2D eigenvalue weighted by molar-refractivity contribution is 5.97. The maximum Gasteiger partial charge on any atom is 0.229 e. The molecule has 0 aliphatic carbocycles. The van der Waals surface area contributed by atoms with Gasteiger partial charge in [-0.2, -0.15) is 0 Å². The summed E-state index contributed by atoms with van der Waals surface area (Å²) in [4.78, 5) is 24.2. The molecule has 2 amide bonds. The van der Waals surface area contributed by atoms with Crippen LogP contribution in [0.2, 0.25) is 0 Å². The van der Waals surface area contributed by atoms with Crippen molar-refractivity contribution in [1.82, 2.24) is 4.90 Å². The predicted octanol–water partition coefficient (Wildman–Crippen LogP) is 1.32. The van der Waals surface area contributed by atoms with E-state index in [1.54, 1.807) is 0 Å². The molecule has 92 valence electrons. The zero-order valence-electron chi connectivity index (χ0n) is 10.3. The molecule has 0 spiro atoms. The molecule has 0 aromatic heterocycles. The molecule has 1 heterocycles. The number of nitrogens with zero attached hydrogens (tertiary/aromatic N) is 1. The fraction of sp³-hybridized carbons (Fsp3) is 0.833. The minimum atomic E-state index is -0.619. The van der Waals surface area contributed by atoms with E-state index in [4.69, 9.17) is 0 Å². The van der Waals surface area contributed by atoms with Crippen molar-refractivity contribution in [3.05, 3.63) is 0 Å². The van der Waals surface area contributed by atoms with Gasteiger partial charge in [-0.3, -0.25) is 14.5 Å². The molecule has 1 aliphatic heterocycles. The van der Waals surface area contributed by atoms with Crippen LogP contribution in [0.3, 0.4) is 0 Å². The van der Waals surface area contributed by atoms with Gasteiger partial charge in [-0.15, -0.1) is 0 Å². The Kier molecular flexibility index (Phi) is 4.08. The number of carbonyl (C=O) groups is 2. The normalized spacial score (nSPS) is 20.1. The van der Waals surface area contributed by atoms with Crippen molar-refractivity contribution in [3.63, 3.8) is 0 Å². The molecule has 0 radical (unpaired) electrons. The minimum Gasteiger partial charge on any atom is -0.391 e. The molecular weight excluding hydrogens is 206 g/mol. The summed E-state index contributed by atoms with van der Waals surface area (Å²) in [7, 11) is 0. The number of imide groups is 1. The summed E-state index contributed by atoms with van der Waals surface area (Å²) in [5.41, 5.74) is 0.00129. The number of aliphatic hydroxyl groups excluding tert-OH is 1. The molecule has 4 nitrogen and oxygen atoms in total. The van der Waals surface area contributed by atoms with E-state index in [2.05, 4.69) is 0 Å². The number of amides is 2. The lowest BCUT2D eigenvalue weighted by Crippen LogP contribution is -2.45. The molecule has 1 atom stereocenters. The van der Waals surface area contributed by atoms with E-state index in [1.165, 1.54) is 4.90 Å². The summed E-state index contributed by atoms with van der Waals surface area (Å²) in [6.07, 6.45) is 1.46. The monoisotopic (exact) mass is 227 g/mol. The van der Waals surface area contributed by atoms with Gasteiger partial charge in [-0.05, 0) is 18.3 Å². The molecule has 1 N–H and O–H groups in total. The first-order valence-corrected chi connectivity index (χ1v) is 5.81. The largest absolute Gasteiger partial charge is 0.391 e. The van der Waals surface area contributed by atoms with Crippen molar-refractivity contribution >= 4 is 11.8 Å². The first kappa shape index (κ1) is 13.2. The molecule has 1 rings (SSSR count). The smallest absolute Gasteiger partial charge is 0.229 e. The second kappa shape index (κ2) is 4.95. The van der Waals surface area contributed by atoms with Gasteiger partial charge in [0.25, 0.3) is 0 Å². The highest BCUT2D eigenvalue weighted by Crippen LogP contribution is 2.22. The molecule has 0 saturated carbocycles. The minimum absolute atomic E-state index is 0.00129.